The molecule has 0 radical (unpaired) electrons. The fourth-order valence-corrected chi connectivity index (χ4v) is 3.83. The molecule has 0 atom stereocenters. The molecule has 0 saturated heterocycles. The first-order valence-electron chi connectivity index (χ1n) is 6.10. The van der Waals surface area contributed by atoms with Gasteiger partial charge < -0.3 is 0 Å². The zero-order valence-corrected chi connectivity index (χ0v) is 13.0. The quantitative estimate of drug-likeness (QED) is 0.754. The van der Waals surface area contributed by atoms with E-state index in [1.807, 2.05) is 0 Å². The van der Waals surface area contributed by atoms with Gasteiger partial charge in [-0.1, -0.05) is 17.4 Å². The Morgan fingerprint density at radius 3 is 2.82 bits per heavy atom. The molecule has 1 aromatic carbocycles. The molecule has 0 spiro atoms. The van der Waals surface area contributed by atoms with Gasteiger partial charge in [-0.3, -0.25) is 14.0 Å². The molecule has 0 saturated carbocycles. The molecule has 10 heteroatoms. The molecule has 3 rings (SSSR count). The summed E-state index contributed by atoms with van der Waals surface area (Å²) >= 11 is 0.768. The number of rotatable bonds is 3. The van der Waals surface area contributed by atoms with E-state index in [4.69, 9.17) is 5.14 Å². The van der Waals surface area contributed by atoms with E-state index in [0.29, 0.717) is 5.52 Å². The summed E-state index contributed by atoms with van der Waals surface area (Å²) < 4.78 is 39.7. The van der Waals surface area contributed by atoms with Crippen LogP contribution >= 0.6 is 11.3 Å². The van der Waals surface area contributed by atoms with Crippen molar-refractivity contribution in [2.45, 2.75) is 11.4 Å². The monoisotopic (exact) mass is 342 g/mol. The molecule has 0 unspecified atom stereocenters. The molecule has 0 aliphatic carbocycles. The van der Waals surface area contributed by atoms with Gasteiger partial charge in [-0.05, 0) is 12.1 Å². The van der Waals surface area contributed by atoms with Crippen molar-refractivity contribution in [1.82, 2.24) is 14.3 Å². The molecule has 116 valence electrons. The van der Waals surface area contributed by atoms with Crippen LogP contribution in [0.2, 0.25) is 0 Å². The lowest BCUT2D eigenvalue weighted by Crippen LogP contribution is -2.20. The number of halogens is 1. The van der Waals surface area contributed by atoms with Crippen LogP contribution in [0.4, 0.5) is 4.39 Å². The van der Waals surface area contributed by atoms with Gasteiger partial charge in [0.25, 0.3) is 0 Å². The number of primary sulfonamides is 1. The second-order valence-electron chi connectivity index (χ2n) is 4.67. The molecule has 7 nitrogen and oxygen atoms in total. The Labute approximate surface area is 128 Å². The highest BCUT2D eigenvalue weighted by atomic mass is 32.2. The minimum Gasteiger partial charge on any atom is -0.293 e. The second kappa shape index (κ2) is 5.00. The van der Waals surface area contributed by atoms with E-state index < -0.39 is 15.8 Å². The van der Waals surface area contributed by atoms with E-state index in [1.165, 1.54) is 21.4 Å². The van der Waals surface area contributed by atoms with Gasteiger partial charge in [-0.15, -0.1) is 0 Å². The van der Waals surface area contributed by atoms with Crippen molar-refractivity contribution in [3.05, 3.63) is 45.6 Å². The fraction of sp³-hybridized carbons (Fsp3) is 0.167. The number of benzene rings is 1. The van der Waals surface area contributed by atoms with Crippen molar-refractivity contribution in [2.24, 2.45) is 12.2 Å². The predicted octanol–water partition coefficient (Wildman–Crippen LogP) is 0.631. The minimum atomic E-state index is -3.96. The van der Waals surface area contributed by atoms with Gasteiger partial charge >= 0.3 is 4.87 Å². The van der Waals surface area contributed by atoms with Gasteiger partial charge in [0.05, 0.1) is 28.7 Å². The van der Waals surface area contributed by atoms with E-state index in [2.05, 4.69) is 5.10 Å². The van der Waals surface area contributed by atoms with Crippen molar-refractivity contribution in [2.75, 3.05) is 0 Å². The molecule has 0 fully saturated rings. The SMILES string of the molecule is Cn1ncc(S(N)(=O)=O)c1Cn1c(=O)sc2c(F)cccc21. The number of fused-ring (bicyclic) bond motifs is 1. The van der Waals surface area contributed by atoms with Crippen LogP contribution in [0.3, 0.4) is 0 Å². The number of hydrogen-bond donors (Lipinski definition) is 1. The number of thiazole rings is 1. The van der Waals surface area contributed by atoms with Gasteiger partial charge in [-0.2, -0.15) is 5.10 Å². The summed E-state index contributed by atoms with van der Waals surface area (Å²) in [5, 5.41) is 9.01. The summed E-state index contributed by atoms with van der Waals surface area (Å²) in [7, 11) is -2.41. The van der Waals surface area contributed by atoms with Crippen LogP contribution in [0, 0.1) is 5.82 Å². The molecule has 3 aromatic rings. The number of nitrogens with two attached hydrogens (primary N) is 1. The van der Waals surface area contributed by atoms with E-state index >= 15 is 0 Å². The van der Waals surface area contributed by atoms with E-state index in [1.54, 1.807) is 13.1 Å². The lowest BCUT2D eigenvalue weighted by atomic mass is 10.3. The maximum absolute atomic E-state index is 13.7. The summed E-state index contributed by atoms with van der Waals surface area (Å²) in [5.74, 6) is -0.491. The standard InChI is InChI=1S/C12H11FN4O3S2/c1-16-9(10(5-15-16)22(14,19)20)6-17-8-4-2-3-7(13)11(8)21-12(17)18/h2-5H,6H2,1H3,(H2,14,19,20). The lowest BCUT2D eigenvalue weighted by Gasteiger charge is -2.07. The molecular weight excluding hydrogens is 331 g/mol. The van der Waals surface area contributed by atoms with Gasteiger partial charge in [0.1, 0.15) is 10.7 Å². The first-order valence-corrected chi connectivity index (χ1v) is 8.47. The Morgan fingerprint density at radius 1 is 1.41 bits per heavy atom. The molecule has 0 aliphatic rings. The summed E-state index contributed by atoms with van der Waals surface area (Å²) in [6.07, 6.45) is 1.13. The Hall–Kier alpha value is -2.04. The summed E-state index contributed by atoms with van der Waals surface area (Å²) in [6.45, 7) is -0.0649. The van der Waals surface area contributed by atoms with Crippen molar-refractivity contribution >= 4 is 31.6 Å². The minimum absolute atomic E-state index is 0.0649. The third-order valence-electron chi connectivity index (χ3n) is 3.28. The Bertz CT molecular complexity index is 1030. The maximum Gasteiger partial charge on any atom is 0.308 e. The van der Waals surface area contributed by atoms with Crippen LogP contribution in [0.25, 0.3) is 10.2 Å². The average Bonchev–Trinajstić information content (AvgIpc) is 2.94. The van der Waals surface area contributed by atoms with Crippen molar-refractivity contribution < 1.29 is 12.8 Å². The number of aryl methyl sites for hydroxylation is 1. The Kier molecular flexibility index (Phi) is 3.38. The Morgan fingerprint density at radius 2 is 2.14 bits per heavy atom. The normalized spacial score (nSPS) is 12.1. The average molecular weight is 342 g/mol. The summed E-state index contributed by atoms with van der Waals surface area (Å²) in [6, 6.07) is 4.36. The molecule has 0 bridgehead atoms. The first-order chi connectivity index (χ1) is 10.3. The number of aromatic nitrogens is 3. The number of sulfonamides is 1. The topological polar surface area (TPSA) is 100.0 Å². The predicted molar refractivity (Wildman–Crippen MR) is 79.7 cm³/mol. The molecule has 2 N–H and O–H groups in total. The van der Waals surface area contributed by atoms with Crippen LogP contribution in [0.5, 0.6) is 0 Å². The smallest absolute Gasteiger partial charge is 0.293 e. The van der Waals surface area contributed by atoms with Crippen molar-refractivity contribution in [3.8, 4) is 0 Å². The fourth-order valence-electron chi connectivity index (χ4n) is 2.21. The highest BCUT2D eigenvalue weighted by molar-refractivity contribution is 7.89. The van der Waals surface area contributed by atoms with Gasteiger partial charge in [0.15, 0.2) is 0 Å². The van der Waals surface area contributed by atoms with Crippen LogP contribution in [-0.2, 0) is 23.6 Å². The van der Waals surface area contributed by atoms with E-state index in [9.17, 15) is 17.6 Å². The summed E-state index contributed by atoms with van der Waals surface area (Å²) in [5.41, 5.74) is 0.658. The molecule has 0 aliphatic heterocycles. The van der Waals surface area contributed by atoms with Gasteiger partial charge in [-0.25, -0.2) is 17.9 Å². The summed E-state index contributed by atoms with van der Waals surface area (Å²) in [4.78, 5) is 11.6. The Balaban J connectivity index is 2.21. The molecule has 2 aromatic heterocycles. The number of nitrogens with zero attached hydrogens (tertiary/aromatic N) is 3. The molecule has 22 heavy (non-hydrogen) atoms. The van der Waals surface area contributed by atoms with Crippen molar-refractivity contribution in [3.63, 3.8) is 0 Å². The van der Waals surface area contributed by atoms with Crippen LogP contribution in [0.15, 0.2) is 34.1 Å². The lowest BCUT2D eigenvalue weighted by molar-refractivity contribution is 0.593. The van der Waals surface area contributed by atoms with E-state index in [-0.39, 0.29) is 26.7 Å². The third kappa shape index (κ3) is 2.34. The highest BCUT2D eigenvalue weighted by Crippen LogP contribution is 2.22. The number of hydrogen-bond acceptors (Lipinski definition) is 5. The second-order valence-corrected chi connectivity index (χ2v) is 7.16. The highest BCUT2D eigenvalue weighted by Gasteiger charge is 2.21. The molecular formula is C12H11FN4O3S2. The molecule has 2 heterocycles. The third-order valence-corrected chi connectivity index (χ3v) is 5.24. The van der Waals surface area contributed by atoms with E-state index in [0.717, 1.165) is 17.5 Å². The maximum atomic E-state index is 13.7. The zero-order valence-electron chi connectivity index (χ0n) is 11.4. The van der Waals surface area contributed by atoms with Crippen molar-refractivity contribution in [1.29, 1.82) is 0 Å². The largest absolute Gasteiger partial charge is 0.308 e. The van der Waals surface area contributed by atoms with Gasteiger partial charge in [0.2, 0.25) is 10.0 Å². The zero-order chi connectivity index (χ0) is 16.1. The van der Waals surface area contributed by atoms with Crippen LogP contribution < -0.4 is 10.0 Å². The van der Waals surface area contributed by atoms with Crippen LogP contribution in [0.1, 0.15) is 5.69 Å². The van der Waals surface area contributed by atoms with Gasteiger partial charge in [0, 0.05) is 7.05 Å². The first kappa shape index (κ1) is 14.9. The molecule has 0 amide bonds. The van der Waals surface area contributed by atoms with Crippen LogP contribution in [-0.4, -0.2) is 22.8 Å².